The molecule has 0 spiro atoms. The average Bonchev–Trinajstić information content (AvgIpc) is 3.74. The molecule has 12 aromatic rings. The molecular formula is C48H27N3S. The van der Waals surface area contributed by atoms with Crippen molar-refractivity contribution in [3.8, 4) is 17.2 Å². The lowest BCUT2D eigenvalue weighted by Gasteiger charge is -2.15. The maximum atomic E-state index is 5.60. The van der Waals surface area contributed by atoms with E-state index in [0.717, 1.165) is 44.0 Å². The molecule has 3 nitrogen and oxygen atoms in total. The largest absolute Gasteiger partial charge is 0.277 e. The molecule has 0 saturated carbocycles. The average molecular weight is 678 g/mol. The van der Waals surface area contributed by atoms with Crippen LogP contribution in [0.5, 0.6) is 0 Å². The van der Waals surface area contributed by atoms with Crippen LogP contribution >= 0.6 is 11.3 Å². The third-order valence-electron chi connectivity index (χ3n) is 11.0. The van der Waals surface area contributed by atoms with Crippen molar-refractivity contribution in [2.45, 2.75) is 0 Å². The molecule has 0 fully saturated rings. The maximum absolute atomic E-state index is 5.60. The topological polar surface area (TPSA) is 30.7 Å². The minimum atomic E-state index is 0.674. The molecule has 0 saturated heterocycles. The fourth-order valence-electron chi connectivity index (χ4n) is 8.57. The molecule has 0 amide bonds. The normalized spacial score (nSPS) is 12.2. The van der Waals surface area contributed by atoms with Crippen LogP contribution in [0.2, 0.25) is 0 Å². The number of thiophene rings is 1. The second-order valence-electron chi connectivity index (χ2n) is 13.7. The van der Waals surface area contributed by atoms with Gasteiger partial charge in [0.05, 0.1) is 22.2 Å². The van der Waals surface area contributed by atoms with Crippen LogP contribution in [0.4, 0.5) is 0 Å². The van der Waals surface area contributed by atoms with Gasteiger partial charge in [0, 0.05) is 52.7 Å². The van der Waals surface area contributed by atoms with Crippen LogP contribution < -0.4 is 0 Å². The van der Waals surface area contributed by atoms with E-state index in [9.17, 15) is 0 Å². The molecule has 0 radical (unpaired) electrons. The van der Waals surface area contributed by atoms with Crippen LogP contribution in [0.25, 0.3) is 113 Å². The zero-order valence-electron chi connectivity index (χ0n) is 27.8. The van der Waals surface area contributed by atoms with E-state index in [1.54, 1.807) is 0 Å². The van der Waals surface area contributed by atoms with Gasteiger partial charge in [-0.05, 0) is 50.5 Å². The predicted octanol–water partition coefficient (Wildman–Crippen LogP) is 13.4. The van der Waals surface area contributed by atoms with E-state index in [0.29, 0.717) is 5.95 Å². The van der Waals surface area contributed by atoms with Gasteiger partial charge in [-0.25, -0.2) is 9.97 Å². The van der Waals surface area contributed by atoms with Crippen LogP contribution in [-0.4, -0.2) is 14.5 Å². The number of hydrogen-bond donors (Lipinski definition) is 0. The summed E-state index contributed by atoms with van der Waals surface area (Å²) in [6.45, 7) is 0. The zero-order chi connectivity index (χ0) is 33.9. The highest BCUT2D eigenvalue weighted by Gasteiger charge is 2.22. The lowest BCUT2D eigenvalue weighted by Crippen LogP contribution is -2.04. The lowest BCUT2D eigenvalue weighted by atomic mass is 9.98. The van der Waals surface area contributed by atoms with Crippen LogP contribution in [0.15, 0.2) is 164 Å². The van der Waals surface area contributed by atoms with E-state index in [1.165, 1.54) is 63.3 Å². The summed E-state index contributed by atoms with van der Waals surface area (Å²) < 4.78 is 4.95. The quantitative estimate of drug-likeness (QED) is 0.171. The van der Waals surface area contributed by atoms with Crippen molar-refractivity contribution in [1.29, 1.82) is 0 Å². The third-order valence-corrected chi connectivity index (χ3v) is 12.2. The molecule has 3 heterocycles. The first-order chi connectivity index (χ1) is 25.8. The van der Waals surface area contributed by atoms with Gasteiger partial charge in [0.15, 0.2) is 0 Å². The van der Waals surface area contributed by atoms with Gasteiger partial charge in [0.25, 0.3) is 0 Å². The van der Waals surface area contributed by atoms with E-state index >= 15 is 0 Å². The first-order valence-corrected chi connectivity index (χ1v) is 18.5. The molecule has 3 aromatic heterocycles. The molecule has 0 N–H and O–H groups in total. The zero-order valence-corrected chi connectivity index (χ0v) is 28.7. The number of benzene rings is 9. The summed E-state index contributed by atoms with van der Waals surface area (Å²) in [6, 6.07) is 59.4. The summed E-state index contributed by atoms with van der Waals surface area (Å²) in [6.07, 6.45) is 0. The fourth-order valence-corrected chi connectivity index (χ4v) is 9.83. The minimum absolute atomic E-state index is 0.674. The Bertz CT molecular complexity index is 3470. The Morgan fingerprint density at radius 3 is 1.79 bits per heavy atom. The van der Waals surface area contributed by atoms with Crippen molar-refractivity contribution in [2.75, 3.05) is 0 Å². The number of nitrogens with zero attached hydrogens (tertiary/aromatic N) is 3. The van der Waals surface area contributed by atoms with Gasteiger partial charge in [0.2, 0.25) is 5.95 Å². The smallest absolute Gasteiger partial charge is 0.235 e. The van der Waals surface area contributed by atoms with E-state index in [1.807, 2.05) is 11.3 Å². The first kappa shape index (κ1) is 28.1. The van der Waals surface area contributed by atoms with Crippen molar-refractivity contribution in [3.05, 3.63) is 164 Å². The van der Waals surface area contributed by atoms with E-state index in [2.05, 4.69) is 168 Å². The predicted molar refractivity (Wildman–Crippen MR) is 222 cm³/mol. The van der Waals surface area contributed by atoms with Crippen LogP contribution in [-0.2, 0) is 0 Å². The molecule has 0 unspecified atom stereocenters. The number of aromatic nitrogens is 3. The number of fused-ring (bicyclic) bond motifs is 14. The summed E-state index contributed by atoms with van der Waals surface area (Å²) in [5.41, 5.74) is 5.23. The SMILES string of the molecule is c1ccc2c(-c3nc(-n4c5cc6c(cc5c5ccc7ccccc7c54)sc4c5ccccc5ccc64)nc4c3ccc3ccccc34)cccc2c1. The van der Waals surface area contributed by atoms with Crippen LogP contribution in [0.1, 0.15) is 0 Å². The molecule has 0 aliphatic rings. The van der Waals surface area contributed by atoms with Gasteiger partial charge in [0.1, 0.15) is 0 Å². The van der Waals surface area contributed by atoms with Gasteiger partial charge in [-0.2, -0.15) is 0 Å². The Hall–Kier alpha value is -6.62. The standard InChI is InChI=1S/C48H27N3S/c1-5-15-32-28(10-1)14-9-19-36(32)45-39-25-22-29-11-2-6-16-33(29)44(39)49-48(50-45)51-42-26-41-38-24-21-31-13-4-8-18-35(31)47(38)52-43(41)27-40(42)37-23-20-30-12-3-7-17-34(30)46(37)51/h1-27H. The van der Waals surface area contributed by atoms with Crippen molar-refractivity contribution in [3.63, 3.8) is 0 Å². The Balaban J connectivity index is 1.28. The van der Waals surface area contributed by atoms with E-state index < -0.39 is 0 Å². The maximum Gasteiger partial charge on any atom is 0.235 e. The summed E-state index contributed by atoms with van der Waals surface area (Å²) >= 11 is 1.89. The van der Waals surface area contributed by atoms with Crippen molar-refractivity contribution in [2.24, 2.45) is 0 Å². The molecular weight excluding hydrogens is 651 g/mol. The van der Waals surface area contributed by atoms with Crippen LogP contribution in [0.3, 0.4) is 0 Å². The fraction of sp³-hybridized carbons (Fsp3) is 0. The molecule has 0 bridgehead atoms. The summed E-state index contributed by atoms with van der Waals surface area (Å²) in [5.74, 6) is 0.674. The Morgan fingerprint density at radius 1 is 0.404 bits per heavy atom. The van der Waals surface area contributed by atoms with Gasteiger partial charge in [-0.1, -0.05) is 146 Å². The highest BCUT2D eigenvalue weighted by atomic mass is 32.1. The van der Waals surface area contributed by atoms with E-state index in [-0.39, 0.29) is 0 Å². The van der Waals surface area contributed by atoms with Gasteiger partial charge in [-0.3, -0.25) is 4.57 Å². The highest BCUT2D eigenvalue weighted by Crippen LogP contribution is 2.44. The molecule has 52 heavy (non-hydrogen) atoms. The van der Waals surface area contributed by atoms with Gasteiger partial charge >= 0.3 is 0 Å². The molecule has 12 rings (SSSR count). The van der Waals surface area contributed by atoms with Gasteiger partial charge in [-0.15, -0.1) is 11.3 Å². The highest BCUT2D eigenvalue weighted by molar-refractivity contribution is 7.26. The van der Waals surface area contributed by atoms with Crippen LogP contribution in [0, 0.1) is 0 Å². The molecule has 240 valence electrons. The Labute approximate surface area is 301 Å². The molecule has 4 heteroatoms. The Morgan fingerprint density at radius 2 is 1.00 bits per heavy atom. The van der Waals surface area contributed by atoms with Crippen molar-refractivity contribution < 1.29 is 0 Å². The molecule has 0 aliphatic carbocycles. The summed E-state index contributed by atoms with van der Waals surface area (Å²) in [5, 5.41) is 15.6. The lowest BCUT2D eigenvalue weighted by molar-refractivity contribution is 1.02. The monoisotopic (exact) mass is 677 g/mol. The van der Waals surface area contributed by atoms with Crippen molar-refractivity contribution >= 4 is 107 Å². The molecule has 9 aromatic carbocycles. The third kappa shape index (κ3) is 3.84. The number of rotatable bonds is 2. The number of hydrogen-bond acceptors (Lipinski definition) is 3. The molecule has 0 atom stereocenters. The Kier molecular flexibility index (Phi) is 5.65. The summed E-state index contributed by atoms with van der Waals surface area (Å²) in [4.78, 5) is 11.1. The van der Waals surface area contributed by atoms with Gasteiger partial charge < -0.3 is 0 Å². The first-order valence-electron chi connectivity index (χ1n) is 17.7. The molecule has 0 aliphatic heterocycles. The van der Waals surface area contributed by atoms with Crippen molar-refractivity contribution in [1.82, 2.24) is 14.5 Å². The summed E-state index contributed by atoms with van der Waals surface area (Å²) in [7, 11) is 0. The second-order valence-corrected chi connectivity index (χ2v) is 14.8. The van der Waals surface area contributed by atoms with E-state index in [4.69, 9.17) is 9.97 Å². The minimum Gasteiger partial charge on any atom is -0.277 e. The second kappa shape index (κ2) is 10.5.